The second-order valence-electron chi connectivity index (χ2n) is 9.36. The normalized spacial score (nSPS) is 18.9. The molecule has 0 spiro atoms. The molecule has 1 aliphatic carbocycles. The number of nitrogens with zero attached hydrogens (tertiary/aromatic N) is 3. The predicted molar refractivity (Wildman–Crippen MR) is 128 cm³/mol. The summed E-state index contributed by atoms with van der Waals surface area (Å²) < 4.78 is 3.86. The van der Waals surface area contributed by atoms with Crippen molar-refractivity contribution in [2.24, 2.45) is 11.8 Å². The Kier molecular flexibility index (Phi) is 6.70. The van der Waals surface area contributed by atoms with Crippen molar-refractivity contribution in [2.45, 2.75) is 65.6 Å². The molecule has 1 N–H and O–H groups in total. The highest BCUT2D eigenvalue weighted by atomic mass is 35.5. The third kappa shape index (κ3) is 4.75. The van der Waals surface area contributed by atoms with Gasteiger partial charge in [0.25, 0.3) is 5.91 Å². The molecular formula is C25H31ClN4O2. The van der Waals surface area contributed by atoms with Gasteiger partial charge < -0.3 is 5.32 Å². The summed E-state index contributed by atoms with van der Waals surface area (Å²) >= 11 is 6.01. The quantitative estimate of drug-likeness (QED) is 0.581. The molecule has 0 atom stereocenters. The molecule has 32 heavy (non-hydrogen) atoms. The van der Waals surface area contributed by atoms with Gasteiger partial charge in [0.1, 0.15) is 0 Å². The topological polar surface area (TPSA) is 68.9 Å². The lowest BCUT2D eigenvalue weighted by molar-refractivity contribution is 0.0919. The highest BCUT2D eigenvalue weighted by Gasteiger charge is 2.25. The van der Waals surface area contributed by atoms with Crippen molar-refractivity contribution >= 4 is 28.5 Å². The standard InChI is InChI=1S/C25H31ClN4O2/c1-16(2)14-29-22-6-4-5-7-23(22)30(25(29)32)15-18-8-10-20(11-9-18)28-24(31)21-12-19(26)13-27-17(21)3/h4-7,12-13,16,18,20H,8-11,14-15H2,1-3H3,(H,28,31). The second kappa shape index (κ2) is 9.49. The van der Waals surface area contributed by atoms with Gasteiger partial charge in [-0.1, -0.05) is 37.6 Å². The van der Waals surface area contributed by atoms with Crippen molar-refractivity contribution in [3.05, 3.63) is 63.3 Å². The third-order valence-corrected chi connectivity index (χ3v) is 6.60. The fraction of sp³-hybridized carbons (Fsp3) is 0.480. The van der Waals surface area contributed by atoms with Crippen LogP contribution in [0.3, 0.4) is 0 Å². The number of imidazole rings is 1. The van der Waals surface area contributed by atoms with Crippen molar-refractivity contribution in [3.63, 3.8) is 0 Å². The largest absolute Gasteiger partial charge is 0.349 e. The summed E-state index contributed by atoms with van der Waals surface area (Å²) in [7, 11) is 0. The fourth-order valence-corrected chi connectivity index (χ4v) is 4.90. The number of hydrogen-bond donors (Lipinski definition) is 1. The Morgan fingerprint density at radius 1 is 1.16 bits per heavy atom. The first-order chi connectivity index (χ1) is 15.3. The summed E-state index contributed by atoms with van der Waals surface area (Å²) in [5.41, 5.74) is 3.32. The van der Waals surface area contributed by atoms with E-state index < -0.39 is 0 Å². The molecule has 0 unspecified atom stereocenters. The smallest absolute Gasteiger partial charge is 0.329 e. The first-order valence-corrected chi connectivity index (χ1v) is 11.8. The predicted octanol–water partition coefficient (Wildman–Crippen LogP) is 4.80. The van der Waals surface area contributed by atoms with E-state index in [-0.39, 0.29) is 17.6 Å². The summed E-state index contributed by atoms with van der Waals surface area (Å²) in [4.78, 5) is 30.0. The molecule has 3 aromatic rings. The van der Waals surface area contributed by atoms with Gasteiger partial charge in [-0.25, -0.2) is 4.79 Å². The zero-order valence-electron chi connectivity index (χ0n) is 19.0. The van der Waals surface area contributed by atoms with E-state index in [1.807, 2.05) is 40.3 Å². The maximum Gasteiger partial charge on any atom is 0.329 e. The number of amides is 1. The Morgan fingerprint density at radius 2 is 1.81 bits per heavy atom. The summed E-state index contributed by atoms with van der Waals surface area (Å²) in [6.45, 7) is 7.53. The molecule has 1 saturated carbocycles. The van der Waals surface area contributed by atoms with Crippen LogP contribution in [0.1, 0.15) is 55.6 Å². The van der Waals surface area contributed by atoms with Gasteiger partial charge in [0.2, 0.25) is 0 Å². The van der Waals surface area contributed by atoms with E-state index in [1.165, 1.54) is 0 Å². The summed E-state index contributed by atoms with van der Waals surface area (Å²) in [6, 6.07) is 9.88. The molecule has 1 aromatic carbocycles. The van der Waals surface area contributed by atoms with Crippen molar-refractivity contribution in [2.75, 3.05) is 0 Å². The molecule has 1 aliphatic rings. The highest BCUT2D eigenvalue weighted by molar-refractivity contribution is 6.30. The van der Waals surface area contributed by atoms with Gasteiger partial charge in [-0.3, -0.25) is 18.9 Å². The van der Waals surface area contributed by atoms with E-state index in [9.17, 15) is 9.59 Å². The van der Waals surface area contributed by atoms with Crippen LogP contribution >= 0.6 is 11.6 Å². The van der Waals surface area contributed by atoms with Gasteiger partial charge in [0, 0.05) is 25.3 Å². The van der Waals surface area contributed by atoms with Crippen LogP contribution in [0.2, 0.25) is 5.02 Å². The Morgan fingerprint density at radius 3 is 2.47 bits per heavy atom. The number of aromatic nitrogens is 3. The van der Waals surface area contributed by atoms with E-state index in [0.717, 1.165) is 49.8 Å². The first kappa shape index (κ1) is 22.6. The molecule has 4 rings (SSSR count). The van der Waals surface area contributed by atoms with Gasteiger partial charge in [-0.15, -0.1) is 0 Å². The van der Waals surface area contributed by atoms with E-state index in [4.69, 9.17) is 11.6 Å². The fourth-order valence-electron chi connectivity index (χ4n) is 4.74. The maximum absolute atomic E-state index is 13.2. The van der Waals surface area contributed by atoms with Crippen molar-refractivity contribution < 1.29 is 4.79 Å². The minimum Gasteiger partial charge on any atom is -0.349 e. The van der Waals surface area contributed by atoms with E-state index in [2.05, 4.69) is 24.1 Å². The van der Waals surface area contributed by atoms with Crippen LogP contribution in [0, 0.1) is 18.8 Å². The Labute approximate surface area is 193 Å². The highest BCUT2D eigenvalue weighted by Crippen LogP contribution is 2.27. The van der Waals surface area contributed by atoms with Gasteiger partial charge in [-0.05, 0) is 62.6 Å². The number of halogens is 1. The average molecular weight is 455 g/mol. The van der Waals surface area contributed by atoms with Crippen molar-refractivity contribution in [1.82, 2.24) is 19.4 Å². The summed E-state index contributed by atoms with van der Waals surface area (Å²) in [5.74, 6) is 0.715. The summed E-state index contributed by atoms with van der Waals surface area (Å²) in [6.07, 6.45) is 5.33. The lowest BCUT2D eigenvalue weighted by atomic mass is 9.85. The lowest BCUT2D eigenvalue weighted by Crippen LogP contribution is -2.39. The van der Waals surface area contributed by atoms with Gasteiger partial charge in [0.15, 0.2) is 0 Å². The van der Waals surface area contributed by atoms with Crippen LogP contribution in [0.25, 0.3) is 11.0 Å². The number of aryl methyl sites for hydroxylation is 1. The van der Waals surface area contributed by atoms with Crippen molar-refractivity contribution in [3.8, 4) is 0 Å². The molecule has 1 amide bonds. The maximum atomic E-state index is 13.2. The number of carbonyl (C=O) groups is 1. The molecule has 0 aliphatic heterocycles. The van der Waals surface area contributed by atoms with Gasteiger partial charge in [-0.2, -0.15) is 0 Å². The minimum atomic E-state index is -0.117. The number of rotatable bonds is 6. The van der Waals surface area contributed by atoms with E-state index >= 15 is 0 Å². The van der Waals surface area contributed by atoms with E-state index in [1.54, 1.807) is 12.3 Å². The number of hydrogen-bond acceptors (Lipinski definition) is 3. The molecule has 2 aromatic heterocycles. The Bertz CT molecular complexity index is 1170. The molecule has 0 radical (unpaired) electrons. The molecule has 2 heterocycles. The van der Waals surface area contributed by atoms with Crippen LogP contribution in [0.15, 0.2) is 41.3 Å². The van der Waals surface area contributed by atoms with Crippen molar-refractivity contribution in [1.29, 1.82) is 0 Å². The van der Waals surface area contributed by atoms with Crippen LogP contribution < -0.4 is 11.0 Å². The molecule has 1 fully saturated rings. The molecule has 7 heteroatoms. The molecule has 0 saturated heterocycles. The molecule has 170 valence electrons. The van der Waals surface area contributed by atoms with Gasteiger partial charge >= 0.3 is 5.69 Å². The van der Waals surface area contributed by atoms with Crippen LogP contribution in [0.5, 0.6) is 0 Å². The monoisotopic (exact) mass is 454 g/mol. The number of carbonyl (C=O) groups excluding carboxylic acids is 1. The zero-order valence-corrected chi connectivity index (χ0v) is 19.7. The minimum absolute atomic E-state index is 0.0826. The zero-order chi connectivity index (χ0) is 22.8. The van der Waals surface area contributed by atoms with Gasteiger partial charge in [0.05, 0.1) is 27.3 Å². The molecule has 6 nitrogen and oxygen atoms in total. The summed E-state index contributed by atoms with van der Waals surface area (Å²) in [5, 5.41) is 3.61. The number of nitrogens with one attached hydrogen (secondary N) is 1. The number of fused-ring (bicyclic) bond motifs is 1. The lowest BCUT2D eigenvalue weighted by Gasteiger charge is -2.29. The van der Waals surface area contributed by atoms with Crippen LogP contribution in [-0.2, 0) is 13.1 Å². The Balaban J connectivity index is 1.42. The molecule has 0 bridgehead atoms. The number of benzene rings is 1. The average Bonchev–Trinajstić information content (AvgIpc) is 3.02. The SMILES string of the molecule is Cc1ncc(Cl)cc1C(=O)NC1CCC(Cn2c(=O)n(CC(C)C)c3ccccc32)CC1. The number of pyridine rings is 1. The first-order valence-electron chi connectivity index (χ1n) is 11.4. The van der Waals surface area contributed by atoms with Crippen LogP contribution in [0.4, 0.5) is 0 Å². The molecular weight excluding hydrogens is 424 g/mol. The van der Waals surface area contributed by atoms with Crippen LogP contribution in [-0.4, -0.2) is 26.1 Å². The second-order valence-corrected chi connectivity index (χ2v) is 9.80. The Hall–Kier alpha value is -2.60. The third-order valence-electron chi connectivity index (χ3n) is 6.39. The number of para-hydroxylation sites is 2. The van der Waals surface area contributed by atoms with E-state index in [0.29, 0.717) is 28.1 Å².